The van der Waals surface area contributed by atoms with E-state index >= 15 is 0 Å². The van der Waals surface area contributed by atoms with Gasteiger partial charge in [0.2, 0.25) is 11.2 Å². The Balaban J connectivity index is 2.65. The monoisotopic (exact) mass is 229 g/mol. The van der Waals surface area contributed by atoms with Crippen molar-refractivity contribution < 1.29 is 4.79 Å². The minimum atomic E-state index is -0.0795. The molecule has 0 bridgehead atoms. The van der Waals surface area contributed by atoms with Gasteiger partial charge in [-0.2, -0.15) is 4.98 Å². The number of aromatic nitrogens is 2. The summed E-state index contributed by atoms with van der Waals surface area (Å²) in [5.74, 6) is 0.286. The molecule has 0 fully saturated rings. The van der Waals surface area contributed by atoms with E-state index in [4.69, 9.17) is 17.3 Å². The minimum absolute atomic E-state index is 0.0795. The third-order valence-electron chi connectivity index (χ3n) is 1.69. The summed E-state index contributed by atoms with van der Waals surface area (Å²) in [5, 5.41) is 2.87. The predicted molar refractivity (Wildman–Crippen MR) is 58.6 cm³/mol. The zero-order chi connectivity index (χ0) is 11.4. The molecule has 0 atom stereocenters. The van der Waals surface area contributed by atoms with Gasteiger partial charge in [0.1, 0.15) is 0 Å². The highest BCUT2D eigenvalue weighted by molar-refractivity contribution is 6.28. The standard InChI is InChI=1S/C8H12ClN5O/c1-14(2)6(15)4-11-7-5(10)3-12-8(9)13-7/h3H,4,10H2,1-2H3,(H,11,12,13). The molecule has 1 rings (SSSR count). The van der Waals surface area contributed by atoms with E-state index in [0.717, 1.165) is 0 Å². The molecular formula is C8H12ClN5O. The fourth-order valence-corrected chi connectivity index (χ4v) is 0.962. The largest absolute Gasteiger partial charge is 0.394 e. The number of likely N-dealkylation sites (N-methyl/N-ethyl adjacent to an activating group) is 1. The number of carbonyl (C=O) groups excluding carboxylic acids is 1. The molecule has 1 amide bonds. The van der Waals surface area contributed by atoms with Gasteiger partial charge in [-0.1, -0.05) is 0 Å². The number of carbonyl (C=O) groups is 1. The molecule has 82 valence electrons. The minimum Gasteiger partial charge on any atom is -0.394 e. The molecule has 15 heavy (non-hydrogen) atoms. The van der Waals surface area contributed by atoms with E-state index < -0.39 is 0 Å². The van der Waals surface area contributed by atoms with Gasteiger partial charge in [0.05, 0.1) is 18.4 Å². The Labute approximate surface area is 92.4 Å². The average molecular weight is 230 g/mol. The van der Waals surface area contributed by atoms with Gasteiger partial charge in [-0.3, -0.25) is 4.79 Å². The number of hydrogen-bond donors (Lipinski definition) is 2. The fourth-order valence-electron chi connectivity index (χ4n) is 0.829. The van der Waals surface area contributed by atoms with E-state index in [-0.39, 0.29) is 17.7 Å². The number of nitrogens with zero attached hydrogens (tertiary/aromatic N) is 3. The zero-order valence-electron chi connectivity index (χ0n) is 8.49. The van der Waals surface area contributed by atoms with Crippen molar-refractivity contribution in [3.05, 3.63) is 11.5 Å². The second-order valence-electron chi connectivity index (χ2n) is 3.08. The van der Waals surface area contributed by atoms with Crippen LogP contribution in [-0.2, 0) is 4.79 Å². The number of amides is 1. The molecule has 0 aliphatic carbocycles. The van der Waals surface area contributed by atoms with Crippen LogP contribution >= 0.6 is 11.6 Å². The lowest BCUT2D eigenvalue weighted by molar-refractivity contribution is -0.126. The molecule has 0 aliphatic rings. The molecule has 1 heterocycles. The first-order valence-electron chi connectivity index (χ1n) is 4.22. The van der Waals surface area contributed by atoms with E-state index in [2.05, 4.69) is 15.3 Å². The van der Waals surface area contributed by atoms with E-state index in [1.54, 1.807) is 14.1 Å². The highest BCUT2D eigenvalue weighted by Gasteiger charge is 2.06. The van der Waals surface area contributed by atoms with E-state index in [1.165, 1.54) is 11.1 Å². The molecule has 0 aromatic carbocycles. The smallest absolute Gasteiger partial charge is 0.241 e. The number of nitrogen functional groups attached to an aromatic ring is 1. The van der Waals surface area contributed by atoms with Crippen LogP contribution < -0.4 is 11.1 Å². The Bertz CT molecular complexity index is 368. The van der Waals surface area contributed by atoms with Crippen LogP contribution in [0.5, 0.6) is 0 Å². The van der Waals surface area contributed by atoms with Gasteiger partial charge in [-0.05, 0) is 11.6 Å². The van der Waals surface area contributed by atoms with Crippen molar-refractivity contribution in [2.75, 3.05) is 31.7 Å². The van der Waals surface area contributed by atoms with Gasteiger partial charge in [0.25, 0.3) is 0 Å². The topological polar surface area (TPSA) is 84.1 Å². The third kappa shape index (κ3) is 3.25. The average Bonchev–Trinajstić information content (AvgIpc) is 2.18. The maximum atomic E-state index is 11.3. The molecule has 0 radical (unpaired) electrons. The summed E-state index contributed by atoms with van der Waals surface area (Å²) >= 11 is 5.58. The van der Waals surface area contributed by atoms with Crippen LogP contribution in [0.15, 0.2) is 6.20 Å². The highest BCUT2D eigenvalue weighted by atomic mass is 35.5. The lowest BCUT2D eigenvalue weighted by Crippen LogP contribution is -2.29. The quantitative estimate of drug-likeness (QED) is 0.724. The number of hydrogen-bond acceptors (Lipinski definition) is 5. The SMILES string of the molecule is CN(C)C(=O)CNc1nc(Cl)ncc1N. The summed E-state index contributed by atoms with van der Waals surface area (Å²) in [6, 6.07) is 0. The molecule has 1 aromatic heterocycles. The van der Waals surface area contributed by atoms with Crippen LogP contribution in [-0.4, -0.2) is 41.4 Å². The summed E-state index contributed by atoms with van der Waals surface area (Å²) in [6.45, 7) is 0.116. The summed E-state index contributed by atoms with van der Waals surface area (Å²) in [6.07, 6.45) is 1.39. The first-order valence-corrected chi connectivity index (χ1v) is 4.60. The second-order valence-corrected chi connectivity index (χ2v) is 3.42. The van der Waals surface area contributed by atoms with Gasteiger partial charge in [-0.25, -0.2) is 4.98 Å². The zero-order valence-corrected chi connectivity index (χ0v) is 9.25. The van der Waals surface area contributed by atoms with Crippen LogP contribution in [0.25, 0.3) is 0 Å². The normalized spacial score (nSPS) is 9.80. The van der Waals surface area contributed by atoms with Crippen LogP contribution in [0.4, 0.5) is 11.5 Å². The van der Waals surface area contributed by atoms with Crippen molar-refractivity contribution in [2.24, 2.45) is 0 Å². The Morgan fingerprint density at radius 2 is 2.33 bits per heavy atom. The second kappa shape index (κ2) is 4.79. The maximum Gasteiger partial charge on any atom is 0.241 e. The van der Waals surface area contributed by atoms with Gasteiger partial charge in [-0.15, -0.1) is 0 Å². The van der Waals surface area contributed by atoms with Crippen molar-refractivity contribution in [1.82, 2.24) is 14.9 Å². The van der Waals surface area contributed by atoms with E-state index in [0.29, 0.717) is 11.5 Å². The first-order chi connectivity index (χ1) is 7.00. The van der Waals surface area contributed by atoms with E-state index in [9.17, 15) is 4.79 Å². The third-order valence-corrected chi connectivity index (χ3v) is 1.88. The maximum absolute atomic E-state index is 11.3. The van der Waals surface area contributed by atoms with Gasteiger partial charge >= 0.3 is 0 Å². The Morgan fingerprint density at radius 1 is 1.67 bits per heavy atom. The molecule has 0 spiro atoms. The van der Waals surface area contributed by atoms with Crippen molar-refractivity contribution in [1.29, 1.82) is 0 Å². The molecule has 7 heteroatoms. The fraction of sp³-hybridized carbons (Fsp3) is 0.375. The molecule has 1 aromatic rings. The molecular weight excluding hydrogens is 218 g/mol. The summed E-state index contributed by atoms with van der Waals surface area (Å²) in [4.78, 5) is 20.3. The summed E-state index contributed by atoms with van der Waals surface area (Å²) in [7, 11) is 3.33. The van der Waals surface area contributed by atoms with Crippen LogP contribution in [0.2, 0.25) is 5.28 Å². The lowest BCUT2D eigenvalue weighted by atomic mass is 10.4. The number of rotatable bonds is 3. The highest BCUT2D eigenvalue weighted by Crippen LogP contribution is 2.15. The molecule has 0 unspecified atom stereocenters. The molecule has 0 aliphatic heterocycles. The number of halogens is 1. The van der Waals surface area contributed by atoms with Gasteiger partial charge in [0, 0.05) is 14.1 Å². The number of nitrogens with two attached hydrogens (primary N) is 1. The lowest BCUT2D eigenvalue weighted by Gasteiger charge is -2.12. The first kappa shape index (κ1) is 11.5. The Morgan fingerprint density at radius 3 is 2.93 bits per heavy atom. The predicted octanol–water partition coefficient (Wildman–Crippen LogP) is 0.212. The van der Waals surface area contributed by atoms with Crippen LogP contribution in [0.1, 0.15) is 0 Å². The van der Waals surface area contributed by atoms with Crippen molar-refractivity contribution >= 4 is 29.0 Å². The molecule has 3 N–H and O–H groups in total. The molecule has 6 nitrogen and oxygen atoms in total. The van der Waals surface area contributed by atoms with Crippen LogP contribution in [0.3, 0.4) is 0 Å². The Hall–Kier alpha value is -1.56. The van der Waals surface area contributed by atoms with Gasteiger partial charge < -0.3 is 16.0 Å². The van der Waals surface area contributed by atoms with Crippen molar-refractivity contribution in [2.45, 2.75) is 0 Å². The van der Waals surface area contributed by atoms with Gasteiger partial charge in [0.15, 0.2) is 5.82 Å². The molecule has 0 saturated carbocycles. The van der Waals surface area contributed by atoms with Crippen molar-refractivity contribution in [3.63, 3.8) is 0 Å². The van der Waals surface area contributed by atoms with Crippen molar-refractivity contribution in [3.8, 4) is 0 Å². The number of nitrogens with one attached hydrogen (secondary N) is 1. The summed E-state index contributed by atoms with van der Waals surface area (Å²) in [5.41, 5.74) is 5.93. The van der Waals surface area contributed by atoms with Crippen LogP contribution in [0, 0.1) is 0 Å². The Kier molecular flexibility index (Phi) is 3.68. The summed E-state index contributed by atoms with van der Waals surface area (Å²) < 4.78 is 0. The van der Waals surface area contributed by atoms with E-state index in [1.807, 2.05) is 0 Å². The molecule has 0 saturated heterocycles. The number of anilines is 2.